The molecule has 0 aromatic heterocycles. The quantitative estimate of drug-likeness (QED) is 0.509. The fraction of sp³-hybridized carbons (Fsp3) is 0.125. The van der Waals surface area contributed by atoms with Crippen molar-refractivity contribution in [2.24, 2.45) is 0 Å². The zero-order chi connectivity index (χ0) is 7.68. The Balaban J connectivity index is 2.36. The van der Waals surface area contributed by atoms with E-state index < -0.39 is 0 Å². The molecule has 0 bridgehead atoms. The van der Waals surface area contributed by atoms with E-state index in [9.17, 15) is 4.79 Å². The van der Waals surface area contributed by atoms with Gasteiger partial charge in [-0.05, 0) is 12.2 Å². The number of hydrogen-bond donors (Lipinski definition) is 0. The molecule has 56 valence electrons. The van der Waals surface area contributed by atoms with Crippen LogP contribution in [0.15, 0.2) is 36.4 Å². The second kappa shape index (κ2) is 2.27. The molecule has 0 unspecified atom stereocenters. The van der Waals surface area contributed by atoms with Crippen LogP contribution in [0.25, 0.3) is 0 Å². The largest absolute Gasteiger partial charge is 0.489 e. The first-order valence-electron chi connectivity index (χ1n) is 3.36. The lowest BCUT2D eigenvalue weighted by Gasteiger charge is -2.24. The Morgan fingerprint density at radius 1 is 1.45 bits per heavy atom. The molecule has 0 N–H and O–H groups in total. The number of amides is 1. The first-order valence-corrected chi connectivity index (χ1v) is 3.36. The molecule has 0 saturated heterocycles. The minimum atomic E-state index is -0.0249. The van der Waals surface area contributed by atoms with E-state index in [-0.39, 0.29) is 12.5 Å². The molecular formula is C8H7NO2. The molecule has 2 aliphatic heterocycles. The second-order valence-electron chi connectivity index (χ2n) is 2.32. The average Bonchev–Trinajstić information content (AvgIpc) is 2.06. The van der Waals surface area contributed by atoms with E-state index in [0.717, 1.165) is 5.70 Å². The minimum absolute atomic E-state index is 0.0249. The van der Waals surface area contributed by atoms with Gasteiger partial charge in [0.1, 0.15) is 6.26 Å². The van der Waals surface area contributed by atoms with Crippen LogP contribution in [0.3, 0.4) is 0 Å². The normalized spacial score (nSPS) is 20.9. The van der Waals surface area contributed by atoms with Crippen LogP contribution in [0.1, 0.15) is 0 Å². The maximum absolute atomic E-state index is 11.1. The van der Waals surface area contributed by atoms with Crippen molar-refractivity contribution in [3.05, 3.63) is 36.4 Å². The summed E-state index contributed by atoms with van der Waals surface area (Å²) in [6.07, 6.45) is 8.83. The maximum Gasteiger partial charge on any atom is 0.269 e. The minimum Gasteiger partial charge on any atom is -0.489 e. The van der Waals surface area contributed by atoms with Gasteiger partial charge in [-0.2, -0.15) is 0 Å². The van der Waals surface area contributed by atoms with Crippen LogP contribution in [0.4, 0.5) is 0 Å². The van der Waals surface area contributed by atoms with Crippen LogP contribution in [0.5, 0.6) is 0 Å². The number of carbonyl (C=O) groups is 1. The zero-order valence-electron chi connectivity index (χ0n) is 5.86. The maximum atomic E-state index is 11.1. The van der Waals surface area contributed by atoms with Gasteiger partial charge in [0.25, 0.3) is 5.91 Å². The summed E-state index contributed by atoms with van der Waals surface area (Å²) in [4.78, 5) is 12.7. The fourth-order valence-corrected chi connectivity index (χ4v) is 1.05. The highest BCUT2D eigenvalue weighted by atomic mass is 16.5. The van der Waals surface area contributed by atoms with E-state index in [1.807, 2.05) is 18.2 Å². The third kappa shape index (κ3) is 0.941. The predicted molar refractivity (Wildman–Crippen MR) is 39.2 cm³/mol. The molecule has 2 heterocycles. The summed E-state index contributed by atoms with van der Waals surface area (Å²) >= 11 is 0. The van der Waals surface area contributed by atoms with Gasteiger partial charge in [0.2, 0.25) is 0 Å². The molecule has 0 fully saturated rings. The van der Waals surface area contributed by atoms with Crippen LogP contribution >= 0.6 is 0 Å². The van der Waals surface area contributed by atoms with Gasteiger partial charge in [-0.25, -0.2) is 0 Å². The van der Waals surface area contributed by atoms with Gasteiger partial charge in [-0.3, -0.25) is 9.69 Å². The Morgan fingerprint density at radius 3 is 3.18 bits per heavy atom. The van der Waals surface area contributed by atoms with Gasteiger partial charge >= 0.3 is 0 Å². The molecule has 3 nitrogen and oxygen atoms in total. The third-order valence-corrected chi connectivity index (χ3v) is 1.57. The van der Waals surface area contributed by atoms with E-state index in [1.54, 1.807) is 17.4 Å². The highest BCUT2D eigenvalue weighted by Crippen LogP contribution is 2.15. The molecule has 0 aromatic rings. The monoisotopic (exact) mass is 149 g/mol. The van der Waals surface area contributed by atoms with Crippen molar-refractivity contribution in [3.63, 3.8) is 0 Å². The molecule has 0 aromatic carbocycles. The lowest BCUT2D eigenvalue weighted by atomic mass is 10.2. The highest BCUT2D eigenvalue weighted by Gasteiger charge is 2.19. The molecule has 0 saturated carbocycles. The summed E-state index contributed by atoms with van der Waals surface area (Å²) in [5.74, 6) is -0.0249. The molecule has 1 amide bonds. The van der Waals surface area contributed by atoms with E-state index in [2.05, 4.69) is 0 Å². The van der Waals surface area contributed by atoms with E-state index in [1.165, 1.54) is 0 Å². The van der Waals surface area contributed by atoms with E-state index in [4.69, 9.17) is 4.74 Å². The first-order chi connectivity index (χ1) is 5.38. The molecule has 11 heavy (non-hydrogen) atoms. The van der Waals surface area contributed by atoms with Gasteiger partial charge < -0.3 is 4.74 Å². The van der Waals surface area contributed by atoms with Crippen LogP contribution in [0.2, 0.25) is 0 Å². The van der Waals surface area contributed by atoms with Gasteiger partial charge in [-0.15, -0.1) is 0 Å². The Kier molecular flexibility index (Phi) is 1.28. The van der Waals surface area contributed by atoms with Crippen molar-refractivity contribution in [1.82, 2.24) is 4.90 Å². The molecule has 3 heteroatoms. The first kappa shape index (κ1) is 6.22. The number of ether oxygens (including phenoxy) is 1. The van der Waals surface area contributed by atoms with Crippen LogP contribution in [-0.4, -0.2) is 17.4 Å². The van der Waals surface area contributed by atoms with Crippen LogP contribution in [0, 0.1) is 0 Å². The van der Waals surface area contributed by atoms with Gasteiger partial charge in [0, 0.05) is 6.20 Å². The Morgan fingerprint density at radius 2 is 2.36 bits per heavy atom. The molecule has 2 aliphatic rings. The molecule has 0 radical (unpaired) electrons. The van der Waals surface area contributed by atoms with Crippen molar-refractivity contribution in [2.45, 2.75) is 0 Å². The summed E-state index contributed by atoms with van der Waals surface area (Å²) in [5, 5.41) is 0. The summed E-state index contributed by atoms with van der Waals surface area (Å²) in [6, 6.07) is 0. The lowest BCUT2D eigenvalue weighted by molar-refractivity contribution is -0.131. The standard InChI is InChI=1S/C8H7NO2/c10-8-6-11-5-7-3-1-2-4-9(7)8/h1-5H,6H2. The molecule has 0 aliphatic carbocycles. The zero-order valence-corrected chi connectivity index (χ0v) is 5.86. The second-order valence-corrected chi connectivity index (χ2v) is 2.32. The fourth-order valence-electron chi connectivity index (χ4n) is 1.05. The number of hydrogen-bond acceptors (Lipinski definition) is 2. The number of rotatable bonds is 0. The summed E-state index contributed by atoms with van der Waals surface area (Å²) in [7, 11) is 0. The van der Waals surface area contributed by atoms with Gasteiger partial charge in [-0.1, -0.05) is 6.08 Å². The van der Waals surface area contributed by atoms with Gasteiger partial charge in [0.15, 0.2) is 6.61 Å². The molecule has 0 spiro atoms. The van der Waals surface area contributed by atoms with Crippen molar-refractivity contribution in [2.75, 3.05) is 6.61 Å². The van der Waals surface area contributed by atoms with Crippen molar-refractivity contribution < 1.29 is 9.53 Å². The predicted octanol–water partition coefficient (Wildman–Crippen LogP) is 0.770. The molecule has 0 atom stereocenters. The van der Waals surface area contributed by atoms with E-state index in [0.29, 0.717) is 0 Å². The molecular weight excluding hydrogens is 142 g/mol. The van der Waals surface area contributed by atoms with Crippen molar-refractivity contribution >= 4 is 5.91 Å². The lowest BCUT2D eigenvalue weighted by Crippen LogP contribution is -2.32. The number of allylic oxidation sites excluding steroid dienone is 3. The Hall–Kier alpha value is -1.51. The van der Waals surface area contributed by atoms with E-state index >= 15 is 0 Å². The van der Waals surface area contributed by atoms with Crippen molar-refractivity contribution in [1.29, 1.82) is 0 Å². The number of fused-ring (bicyclic) bond motifs is 1. The average molecular weight is 149 g/mol. The Bertz CT molecular complexity index is 276. The molecule has 2 rings (SSSR count). The SMILES string of the molecule is O=C1COC=C2C=CC=CN12. The summed E-state index contributed by atoms with van der Waals surface area (Å²) in [5.41, 5.74) is 0.795. The number of nitrogens with zero attached hydrogens (tertiary/aromatic N) is 1. The smallest absolute Gasteiger partial charge is 0.269 e. The van der Waals surface area contributed by atoms with Crippen LogP contribution in [-0.2, 0) is 9.53 Å². The highest BCUT2D eigenvalue weighted by molar-refractivity contribution is 5.82. The summed E-state index contributed by atoms with van der Waals surface area (Å²) < 4.78 is 4.91. The summed E-state index contributed by atoms with van der Waals surface area (Å²) in [6.45, 7) is 0.141. The number of carbonyl (C=O) groups excluding carboxylic acids is 1. The van der Waals surface area contributed by atoms with Crippen LogP contribution < -0.4 is 0 Å². The third-order valence-electron chi connectivity index (χ3n) is 1.57. The topological polar surface area (TPSA) is 29.5 Å². The Labute approximate surface area is 64.2 Å². The van der Waals surface area contributed by atoms with Gasteiger partial charge in [0.05, 0.1) is 5.70 Å². The van der Waals surface area contributed by atoms with Crippen molar-refractivity contribution in [3.8, 4) is 0 Å².